The summed E-state index contributed by atoms with van der Waals surface area (Å²) in [6, 6.07) is 21.9. The van der Waals surface area contributed by atoms with Gasteiger partial charge in [-0.1, -0.05) is 74.6 Å². The van der Waals surface area contributed by atoms with Gasteiger partial charge in [0.2, 0.25) is 5.91 Å². The summed E-state index contributed by atoms with van der Waals surface area (Å²) < 4.78 is 13.4. The highest BCUT2D eigenvalue weighted by molar-refractivity contribution is 6.07. The Morgan fingerprint density at radius 2 is 1.62 bits per heavy atom. The highest BCUT2D eigenvalue weighted by Crippen LogP contribution is 2.47. The van der Waals surface area contributed by atoms with Gasteiger partial charge in [-0.2, -0.15) is 0 Å². The van der Waals surface area contributed by atoms with Crippen LogP contribution in [0.4, 0.5) is 5.69 Å². The first kappa shape index (κ1) is 36.2. The smallest absolute Gasteiger partial charge is 0.252 e. The molecule has 2 saturated carbocycles. The minimum Gasteiger partial charge on any atom is -0.451 e. The lowest BCUT2D eigenvalue weighted by atomic mass is 9.81. The summed E-state index contributed by atoms with van der Waals surface area (Å²) in [5.41, 5.74) is 7.96. The van der Waals surface area contributed by atoms with Crippen molar-refractivity contribution in [1.82, 2.24) is 19.8 Å². The number of aromatic nitrogens is 2. The lowest BCUT2D eigenvalue weighted by Crippen LogP contribution is -2.55. The SMILES string of the molecule is C[C@@H]1CN(C(=O)C2=Cc3ccccc3-c3c(C4CCCCC4)c4ccc(C(=O)NC5(C(=O)Nc6ccc(-c7cocn7)cc6)CCCC5)cc4n3C2)C[C@H](C)O1. The second-order valence-corrected chi connectivity index (χ2v) is 16.3. The largest absolute Gasteiger partial charge is 0.451 e. The summed E-state index contributed by atoms with van der Waals surface area (Å²) in [6.45, 7) is 5.51. The van der Waals surface area contributed by atoms with Crippen LogP contribution in [0.1, 0.15) is 99.0 Å². The Bertz CT molecular complexity index is 2300. The van der Waals surface area contributed by atoms with Gasteiger partial charge in [-0.15, -0.1) is 0 Å². The Balaban J connectivity index is 1.07. The molecule has 10 nitrogen and oxygen atoms in total. The average molecular weight is 752 g/mol. The standard InChI is InChI=1S/C46H49N5O5/c1-29-24-50(25-30(2)56-29)44(53)35-22-33-12-6-7-13-37(33)42-41(32-10-4-3-5-11-32)38-19-16-34(23-40(38)51(42)26-35)43(52)49-46(20-8-9-21-46)45(54)48-36-17-14-31(15-18-36)39-27-55-28-47-39/h6-7,12-19,22-23,27-30,32H,3-5,8-11,20-21,24-26H2,1-2H3,(H,48,54)(H,49,52)/t29-,30+. The maximum Gasteiger partial charge on any atom is 0.252 e. The molecule has 56 heavy (non-hydrogen) atoms. The lowest BCUT2D eigenvalue weighted by Gasteiger charge is -2.35. The van der Waals surface area contributed by atoms with Crippen molar-refractivity contribution in [2.45, 2.75) is 102 Å². The maximum absolute atomic E-state index is 14.4. The third-order valence-electron chi connectivity index (χ3n) is 12.4. The summed E-state index contributed by atoms with van der Waals surface area (Å²) in [4.78, 5) is 48.9. The normalized spacial score (nSPS) is 20.8. The quantitative estimate of drug-likeness (QED) is 0.172. The molecule has 0 unspecified atom stereocenters. The van der Waals surface area contributed by atoms with Crippen LogP contribution in [0.25, 0.3) is 39.5 Å². The molecule has 2 aromatic heterocycles. The van der Waals surface area contributed by atoms with Crippen molar-refractivity contribution in [2.75, 3.05) is 18.4 Å². The van der Waals surface area contributed by atoms with Gasteiger partial charge < -0.3 is 29.3 Å². The molecule has 9 rings (SSSR count). The summed E-state index contributed by atoms with van der Waals surface area (Å²) in [6.07, 6.45) is 13.6. The average Bonchev–Trinajstić information content (AvgIpc) is 3.97. The molecule has 4 heterocycles. The molecular weight excluding hydrogens is 703 g/mol. The van der Waals surface area contributed by atoms with Crippen LogP contribution in [0.3, 0.4) is 0 Å². The number of carbonyl (C=O) groups is 3. The summed E-state index contributed by atoms with van der Waals surface area (Å²) in [7, 11) is 0. The van der Waals surface area contributed by atoms with E-state index in [4.69, 9.17) is 9.15 Å². The van der Waals surface area contributed by atoms with Crippen LogP contribution in [0.5, 0.6) is 0 Å². The number of nitrogens with zero attached hydrogens (tertiary/aromatic N) is 3. The number of amides is 3. The minimum atomic E-state index is -1.03. The molecule has 0 spiro atoms. The highest BCUT2D eigenvalue weighted by atomic mass is 16.5. The van der Waals surface area contributed by atoms with E-state index in [1.807, 2.05) is 61.2 Å². The fourth-order valence-corrected chi connectivity index (χ4v) is 9.70. The molecule has 5 aromatic rings. The molecule has 288 valence electrons. The van der Waals surface area contributed by atoms with E-state index in [0.717, 1.165) is 70.2 Å². The number of nitrogens with one attached hydrogen (secondary N) is 2. The van der Waals surface area contributed by atoms with E-state index in [9.17, 15) is 14.4 Å². The van der Waals surface area contributed by atoms with Gasteiger partial charge in [-0.25, -0.2) is 4.98 Å². The number of carbonyl (C=O) groups excluding carboxylic acids is 3. The van der Waals surface area contributed by atoms with Gasteiger partial charge in [0.15, 0.2) is 6.39 Å². The highest BCUT2D eigenvalue weighted by Gasteiger charge is 2.43. The van der Waals surface area contributed by atoms with Gasteiger partial charge in [0.05, 0.1) is 24.4 Å². The van der Waals surface area contributed by atoms with E-state index < -0.39 is 5.54 Å². The van der Waals surface area contributed by atoms with Gasteiger partial charge in [0, 0.05) is 51.9 Å². The summed E-state index contributed by atoms with van der Waals surface area (Å²) in [5.74, 6) is -0.0980. The fourth-order valence-electron chi connectivity index (χ4n) is 9.70. The van der Waals surface area contributed by atoms with Crippen molar-refractivity contribution >= 4 is 40.4 Å². The fraction of sp³-hybridized carbons (Fsp3) is 0.391. The number of morpholine rings is 1. The number of hydrogen-bond acceptors (Lipinski definition) is 6. The number of rotatable bonds is 7. The van der Waals surface area contributed by atoms with E-state index >= 15 is 0 Å². The molecule has 4 aliphatic rings. The van der Waals surface area contributed by atoms with Crippen LogP contribution in [0.15, 0.2) is 89.4 Å². The minimum absolute atomic E-state index is 0.0200. The molecule has 2 atom stereocenters. The zero-order chi connectivity index (χ0) is 38.4. The maximum atomic E-state index is 14.4. The van der Waals surface area contributed by atoms with Crippen molar-refractivity contribution in [3.05, 3.63) is 102 Å². The number of benzene rings is 3. The van der Waals surface area contributed by atoms with Gasteiger partial charge in [-0.3, -0.25) is 14.4 Å². The number of fused-ring (bicyclic) bond motifs is 5. The van der Waals surface area contributed by atoms with Gasteiger partial charge in [0.1, 0.15) is 17.5 Å². The van der Waals surface area contributed by atoms with Crippen LogP contribution >= 0.6 is 0 Å². The molecule has 3 amide bonds. The number of hydrogen-bond donors (Lipinski definition) is 2. The van der Waals surface area contributed by atoms with E-state index in [0.29, 0.717) is 49.6 Å². The van der Waals surface area contributed by atoms with Crippen LogP contribution < -0.4 is 10.6 Å². The molecule has 2 aliphatic carbocycles. The van der Waals surface area contributed by atoms with E-state index in [1.165, 1.54) is 31.2 Å². The van der Waals surface area contributed by atoms with Gasteiger partial charge in [-0.05, 0) is 86.9 Å². The second kappa shape index (κ2) is 14.9. The lowest BCUT2D eigenvalue weighted by molar-refractivity contribution is -0.139. The van der Waals surface area contributed by atoms with Gasteiger partial charge in [0.25, 0.3) is 11.8 Å². The zero-order valence-electron chi connectivity index (χ0n) is 32.2. The van der Waals surface area contributed by atoms with Crippen molar-refractivity contribution in [1.29, 1.82) is 0 Å². The topological polar surface area (TPSA) is 119 Å². The molecule has 2 N–H and O–H groups in total. The molecule has 3 fully saturated rings. The van der Waals surface area contributed by atoms with E-state index in [-0.39, 0.29) is 29.9 Å². The Morgan fingerprint density at radius 1 is 0.875 bits per heavy atom. The van der Waals surface area contributed by atoms with E-state index in [1.54, 1.807) is 6.26 Å². The second-order valence-electron chi connectivity index (χ2n) is 16.3. The van der Waals surface area contributed by atoms with Crippen LogP contribution in [0, 0.1) is 0 Å². The number of ether oxygens (including phenoxy) is 1. The number of oxazole rings is 1. The van der Waals surface area contributed by atoms with Crippen molar-refractivity contribution in [2.24, 2.45) is 0 Å². The molecular formula is C46H49N5O5. The van der Waals surface area contributed by atoms with Crippen LogP contribution in [0.2, 0.25) is 0 Å². The van der Waals surface area contributed by atoms with Crippen molar-refractivity contribution in [3.8, 4) is 22.5 Å². The molecule has 2 aliphatic heterocycles. The Labute approximate surface area is 327 Å². The van der Waals surface area contributed by atoms with Crippen LogP contribution in [-0.2, 0) is 20.9 Å². The van der Waals surface area contributed by atoms with Crippen molar-refractivity contribution in [3.63, 3.8) is 0 Å². The Hall–Kier alpha value is -5.48. The Kier molecular flexibility index (Phi) is 9.61. The predicted molar refractivity (Wildman–Crippen MR) is 217 cm³/mol. The first-order valence-electron chi connectivity index (χ1n) is 20.3. The third-order valence-corrected chi connectivity index (χ3v) is 12.4. The Morgan fingerprint density at radius 3 is 2.36 bits per heavy atom. The zero-order valence-corrected chi connectivity index (χ0v) is 32.2. The molecule has 0 bridgehead atoms. The molecule has 3 aromatic carbocycles. The summed E-state index contributed by atoms with van der Waals surface area (Å²) >= 11 is 0. The predicted octanol–water partition coefficient (Wildman–Crippen LogP) is 8.73. The first-order chi connectivity index (χ1) is 27.3. The van der Waals surface area contributed by atoms with Gasteiger partial charge >= 0.3 is 0 Å². The molecule has 0 radical (unpaired) electrons. The third kappa shape index (κ3) is 6.74. The van der Waals surface area contributed by atoms with Crippen LogP contribution in [-0.4, -0.2) is 63.0 Å². The van der Waals surface area contributed by atoms with Crippen molar-refractivity contribution < 1.29 is 23.5 Å². The molecule has 1 saturated heterocycles. The summed E-state index contributed by atoms with van der Waals surface area (Å²) in [5, 5.41) is 7.42. The number of anilines is 1. The monoisotopic (exact) mass is 751 g/mol. The molecule has 10 heteroatoms. The van der Waals surface area contributed by atoms with E-state index in [2.05, 4.69) is 50.5 Å². The first-order valence-corrected chi connectivity index (χ1v) is 20.3.